The van der Waals surface area contributed by atoms with E-state index in [4.69, 9.17) is 0 Å². The largest absolute Gasteiger partial charge is 0.346 e. The lowest BCUT2D eigenvalue weighted by molar-refractivity contribution is -0.133. The predicted molar refractivity (Wildman–Crippen MR) is 82.0 cm³/mol. The fraction of sp³-hybridized carbons (Fsp3) is 0.933. The molecule has 0 heterocycles. The Morgan fingerprint density at radius 1 is 0.950 bits per heavy atom. The summed E-state index contributed by atoms with van der Waals surface area (Å²) in [6.07, 6.45) is 10.1. The summed E-state index contributed by atoms with van der Waals surface area (Å²) in [5.41, 5.74) is 0. The minimum atomic E-state index is -3.73. The Labute approximate surface area is 124 Å². The van der Waals surface area contributed by atoms with Gasteiger partial charge in [0.15, 0.2) is 0 Å². The van der Waals surface area contributed by atoms with Gasteiger partial charge in [-0.3, -0.25) is 4.79 Å². The molecule has 0 aliphatic rings. The summed E-state index contributed by atoms with van der Waals surface area (Å²) in [5, 5.41) is -0.599. The van der Waals surface area contributed by atoms with Crippen molar-refractivity contribution in [3.8, 4) is 0 Å². The third-order valence-corrected chi connectivity index (χ3v) is 5.09. The van der Waals surface area contributed by atoms with E-state index in [0.717, 1.165) is 19.3 Å². The highest BCUT2D eigenvalue weighted by Gasteiger charge is 2.24. The van der Waals surface area contributed by atoms with E-state index in [0.29, 0.717) is 6.42 Å². The maximum atomic E-state index is 11.7. The number of unbranched alkanes of at least 4 members (excludes halogenated alkanes) is 7. The van der Waals surface area contributed by atoms with E-state index in [1.165, 1.54) is 32.1 Å². The van der Waals surface area contributed by atoms with Gasteiger partial charge in [0.25, 0.3) is 0 Å². The number of carbonyl (C=O) groups excluding carboxylic acids is 1. The molecule has 0 aliphatic carbocycles. The van der Waals surface area contributed by atoms with Crippen molar-refractivity contribution in [2.24, 2.45) is 0 Å². The summed E-state index contributed by atoms with van der Waals surface area (Å²) in [6, 6.07) is 0. The second kappa shape index (κ2) is 11.1. The highest BCUT2D eigenvalue weighted by molar-refractivity contribution is 7.87. The average molecular weight is 306 g/mol. The van der Waals surface area contributed by atoms with E-state index >= 15 is 0 Å². The standard InChI is InChI=1S/C15H30O4S/c1-4-6-7-8-9-10-11-12-13-14(3)20(17,18)19-15(16)5-2/h14H,4-13H2,1-3H3. The molecule has 0 N–H and O–H groups in total. The van der Waals surface area contributed by atoms with E-state index in [2.05, 4.69) is 11.1 Å². The fourth-order valence-corrected chi connectivity index (χ4v) is 2.98. The van der Waals surface area contributed by atoms with Gasteiger partial charge in [-0.2, -0.15) is 8.42 Å². The van der Waals surface area contributed by atoms with Gasteiger partial charge in [0.05, 0.1) is 5.25 Å². The molecule has 0 saturated heterocycles. The van der Waals surface area contributed by atoms with E-state index in [1.807, 2.05) is 0 Å². The van der Waals surface area contributed by atoms with E-state index < -0.39 is 21.3 Å². The molecule has 1 unspecified atom stereocenters. The van der Waals surface area contributed by atoms with E-state index in [9.17, 15) is 13.2 Å². The Hall–Kier alpha value is -0.580. The molecule has 0 radical (unpaired) electrons. The molecule has 0 saturated carbocycles. The second-order valence-electron chi connectivity index (χ2n) is 5.38. The van der Waals surface area contributed by atoms with Crippen molar-refractivity contribution in [2.45, 2.75) is 90.2 Å². The van der Waals surface area contributed by atoms with Crippen LogP contribution in [-0.2, 0) is 19.1 Å². The van der Waals surface area contributed by atoms with Gasteiger partial charge in [-0.15, -0.1) is 0 Å². The highest BCUT2D eigenvalue weighted by atomic mass is 32.2. The van der Waals surface area contributed by atoms with Crippen molar-refractivity contribution in [1.29, 1.82) is 0 Å². The molecule has 0 amide bonds. The maximum absolute atomic E-state index is 11.7. The summed E-state index contributed by atoms with van der Waals surface area (Å²) >= 11 is 0. The van der Waals surface area contributed by atoms with Gasteiger partial charge in [-0.05, 0) is 13.3 Å². The van der Waals surface area contributed by atoms with Crippen molar-refractivity contribution in [3.63, 3.8) is 0 Å². The van der Waals surface area contributed by atoms with Gasteiger partial charge in [0.2, 0.25) is 0 Å². The molecule has 0 aliphatic heterocycles. The molecule has 120 valence electrons. The topological polar surface area (TPSA) is 60.4 Å². The number of rotatable bonds is 12. The van der Waals surface area contributed by atoms with Gasteiger partial charge in [0, 0.05) is 6.42 Å². The highest BCUT2D eigenvalue weighted by Crippen LogP contribution is 2.15. The molecular weight excluding hydrogens is 276 g/mol. The smallest absolute Gasteiger partial charge is 0.321 e. The van der Waals surface area contributed by atoms with Gasteiger partial charge >= 0.3 is 16.1 Å². The van der Waals surface area contributed by atoms with Crippen LogP contribution in [0.3, 0.4) is 0 Å². The molecule has 0 aromatic heterocycles. The lowest BCUT2D eigenvalue weighted by atomic mass is 10.1. The molecule has 0 bridgehead atoms. The van der Waals surface area contributed by atoms with Gasteiger partial charge < -0.3 is 4.18 Å². The van der Waals surface area contributed by atoms with Crippen molar-refractivity contribution >= 4 is 16.1 Å². The molecule has 0 aromatic rings. The minimum absolute atomic E-state index is 0.0870. The first kappa shape index (κ1) is 19.4. The maximum Gasteiger partial charge on any atom is 0.321 e. The van der Waals surface area contributed by atoms with Crippen LogP contribution >= 0.6 is 0 Å². The van der Waals surface area contributed by atoms with Crippen molar-refractivity contribution < 1.29 is 17.4 Å². The normalized spacial score (nSPS) is 13.2. The first-order valence-electron chi connectivity index (χ1n) is 7.90. The molecule has 0 spiro atoms. The van der Waals surface area contributed by atoms with Gasteiger partial charge in [-0.25, -0.2) is 0 Å². The molecule has 5 heteroatoms. The van der Waals surface area contributed by atoms with Crippen LogP contribution in [0.1, 0.15) is 85.0 Å². The molecule has 0 fully saturated rings. The Bertz CT molecular complexity index is 349. The molecular formula is C15H30O4S. The Kier molecular flexibility index (Phi) is 10.8. The van der Waals surface area contributed by atoms with Crippen LogP contribution in [0.4, 0.5) is 0 Å². The van der Waals surface area contributed by atoms with Gasteiger partial charge in [0.1, 0.15) is 0 Å². The van der Waals surface area contributed by atoms with Crippen molar-refractivity contribution in [1.82, 2.24) is 0 Å². The number of carbonyl (C=O) groups is 1. The fourth-order valence-electron chi connectivity index (χ4n) is 1.98. The Morgan fingerprint density at radius 3 is 1.95 bits per heavy atom. The third-order valence-electron chi connectivity index (χ3n) is 3.45. The SMILES string of the molecule is CCCCCCCCCCC(C)S(=O)(=O)OC(=O)CC. The second-order valence-corrected chi connectivity index (χ2v) is 7.33. The summed E-state index contributed by atoms with van der Waals surface area (Å²) < 4.78 is 27.9. The summed E-state index contributed by atoms with van der Waals surface area (Å²) in [4.78, 5) is 11.0. The molecule has 1 atom stereocenters. The quantitative estimate of drug-likeness (QED) is 0.401. The minimum Gasteiger partial charge on any atom is -0.346 e. The number of hydrogen-bond acceptors (Lipinski definition) is 4. The van der Waals surface area contributed by atoms with Gasteiger partial charge in [-0.1, -0.05) is 65.2 Å². The molecule has 20 heavy (non-hydrogen) atoms. The Morgan fingerprint density at radius 2 is 1.45 bits per heavy atom. The first-order valence-corrected chi connectivity index (χ1v) is 9.37. The lowest BCUT2D eigenvalue weighted by Crippen LogP contribution is -2.23. The van der Waals surface area contributed by atoms with Crippen LogP contribution in [0, 0.1) is 0 Å². The van der Waals surface area contributed by atoms with Crippen LogP contribution in [0.2, 0.25) is 0 Å². The summed E-state index contributed by atoms with van der Waals surface area (Å²) in [7, 11) is -3.73. The number of hydrogen-bond donors (Lipinski definition) is 0. The lowest BCUT2D eigenvalue weighted by Gasteiger charge is -2.12. The summed E-state index contributed by atoms with van der Waals surface area (Å²) in [6.45, 7) is 5.40. The zero-order valence-electron chi connectivity index (χ0n) is 13.2. The van der Waals surface area contributed by atoms with Crippen molar-refractivity contribution in [3.05, 3.63) is 0 Å². The van der Waals surface area contributed by atoms with Crippen LogP contribution in [-0.4, -0.2) is 19.6 Å². The van der Waals surface area contributed by atoms with Crippen LogP contribution in [0.5, 0.6) is 0 Å². The zero-order valence-corrected chi connectivity index (χ0v) is 14.0. The van der Waals surface area contributed by atoms with Crippen molar-refractivity contribution in [2.75, 3.05) is 0 Å². The molecule has 4 nitrogen and oxygen atoms in total. The third kappa shape index (κ3) is 9.34. The molecule has 0 aromatic carbocycles. The molecule has 0 rings (SSSR count). The average Bonchev–Trinajstić information content (AvgIpc) is 2.40. The van der Waals surface area contributed by atoms with Crippen LogP contribution < -0.4 is 0 Å². The Balaban J connectivity index is 3.71. The monoisotopic (exact) mass is 306 g/mol. The zero-order chi connectivity index (χ0) is 15.4. The van der Waals surface area contributed by atoms with E-state index in [1.54, 1.807) is 13.8 Å². The van der Waals surface area contributed by atoms with E-state index in [-0.39, 0.29) is 6.42 Å². The summed E-state index contributed by atoms with van der Waals surface area (Å²) in [5.74, 6) is -0.673. The van der Waals surface area contributed by atoms with Crippen LogP contribution in [0.25, 0.3) is 0 Å². The first-order chi connectivity index (χ1) is 9.44. The van der Waals surface area contributed by atoms with Crippen LogP contribution in [0.15, 0.2) is 0 Å². The predicted octanol–water partition coefficient (Wildman–Crippen LogP) is 4.19.